The maximum atomic E-state index is 13.5. The first-order valence-electron chi connectivity index (χ1n) is 6.81. The Bertz CT molecular complexity index is 371. The van der Waals surface area contributed by atoms with Crippen LogP contribution in [0.1, 0.15) is 32.3 Å². The monoisotopic (exact) mass is 269 g/mol. The number of rotatable bonds is 9. The first kappa shape index (κ1) is 15.9. The van der Waals surface area contributed by atoms with Crippen LogP contribution in [0.25, 0.3) is 0 Å². The molecule has 1 N–H and O–H groups in total. The summed E-state index contributed by atoms with van der Waals surface area (Å²) in [5.74, 6) is 0.321. The highest BCUT2D eigenvalue weighted by atomic mass is 19.1. The molecule has 0 aliphatic rings. The average Bonchev–Trinajstić information content (AvgIpc) is 2.36. The van der Waals surface area contributed by atoms with Crippen LogP contribution in [0.4, 0.5) is 4.39 Å². The second kappa shape index (κ2) is 8.88. The number of nitrogens with one attached hydrogen (secondary N) is 1. The van der Waals surface area contributed by atoms with E-state index in [4.69, 9.17) is 9.47 Å². The molecule has 1 rings (SSSR count). The molecule has 0 heterocycles. The van der Waals surface area contributed by atoms with Crippen LogP contribution >= 0.6 is 0 Å². The smallest absolute Gasteiger partial charge is 0.127 e. The normalized spacial score (nSPS) is 12.4. The highest BCUT2D eigenvalue weighted by Crippen LogP contribution is 2.18. The zero-order valence-corrected chi connectivity index (χ0v) is 12.0. The van der Waals surface area contributed by atoms with Gasteiger partial charge >= 0.3 is 0 Å². The molecule has 0 aromatic heterocycles. The average molecular weight is 269 g/mol. The van der Waals surface area contributed by atoms with Gasteiger partial charge in [-0.1, -0.05) is 6.92 Å². The van der Waals surface area contributed by atoms with Crippen LogP contribution in [0, 0.1) is 5.82 Å². The van der Waals surface area contributed by atoms with Crippen LogP contribution in [0.2, 0.25) is 0 Å². The Balaban J connectivity index is 2.57. The molecule has 0 saturated heterocycles. The first-order valence-corrected chi connectivity index (χ1v) is 6.81. The minimum atomic E-state index is -0.260. The Morgan fingerprint density at radius 2 is 2.11 bits per heavy atom. The van der Waals surface area contributed by atoms with E-state index in [1.807, 2.05) is 13.0 Å². The lowest BCUT2D eigenvalue weighted by atomic mass is 10.2. The Kier molecular flexibility index (Phi) is 7.45. The highest BCUT2D eigenvalue weighted by Gasteiger charge is 2.07. The maximum Gasteiger partial charge on any atom is 0.127 e. The van der Waals surface area contributed by atoms with Crippen LogP contribution in [0.15, 0.2) is 18.2 Å². The molecule has 0 aliphatic carbocycles. The molecule has 108 valence electrons. The molecule has 0 amide bonds. The Morgan fingerprint density at radius 1 is 1.32 bits per heavy atom. The molecule has 1 aromatic carbocycles. The molecule has 1 atom stereocenters. The van der Waals surface area contributed by atoms with E-state index >= 15 is 0 Å². The van der Waals surface area contributed by atoms with Gasteiger partial charge in [-0.15, -0.1) is 0 Å². The van der Waals surface area contributed by atoms with Gasteiger partial charge in [-0.3, -0.25) is 0 Å². The van der Waals surface area contributed by atoms with Crippen molar-refractivity contribution >= 4 is 0 Å². The lowest BCUT2D eigenvalue weighted by molar-refractivity contribution is 0.135. The predicted molar refractivity (Wildman–Crippen MR) is 75.0 cm³/mol. The fourth-order valence-corrected chi connectivity index (χ4v) is 1.78. The number of benzene rings is 1. The van der Waals surface area contributed by atoms with Crippen LogP contribution < -0.4 is 10.1 Å². The molecule has 0 fully saturated rings. The summed E-state index contributed by atoms with van der Waals surface area (Å²) in [6, 6.07) is 4.84. The van der Waals surface area contributed by atoms with Crippen molar-refractivity contribution < 1.29 is 13.9 Å². The van der Waals surface area contributed by atoms with Crippen molar-refractivity contribution in [3.63, 3.8) is 0 Å². The summed E-state index contributed by atoms with van der Waals surface area (Å²) < 4.78 is 24.2. The topological polar surface area (TPSA) is 30.5 Å². The second-order valence-corrected chi connectivity index (χ2v) is 4.68. The summed E-state index contributed by atoms with van der Waals surface area (Å²) in [6.07, 6.45) is 1.86. The summed E-state index contributed by atoms with van der Waals surface area (Å²) in [5, 5.41) is 3.25. The zero-order chi connectivity index (χ0) is 14.1. The molecule has 1 aromatic rings. The van der Waals surface area contributed by atoms with E-state index in [0.717, 1.165) is 24.9 Å². The minimum absolute atomic E-state index is 0.0122. The van der Waals surface area contributed by atoms with Gasteiger partial charge in [0.25, 0.3) is 0 Å². The van der Waals surface area contributed by atoms with Crippen LogP contribution in [0.3, 0.4) is 0 Å². The quantitative estimate of drug-likeness (QED) is 0.699. The molecular weight excluding hydrogens is 245 g/mol. The van der Waals surface area contributed by atoms with E-state index in [1.165, 1.54) is 12.1 Å². The van der Waals surface area contributed by atoms with Crippen molar-refractivity contribution in [2.24, 2.45) is 0 Å². The van der Waals surface area contributed by atoms with Crippen LogP contribution in [-0.4, -0.2) is 26.4 Å². The molecule has 1 unspecified atom stereocenters. The zero-order valence-electron chi connectivity index (χ0n) is 12.0. The molecule has 0 saturated carbocycles. The number of halogens is 1. The van der Waals surface area contributed by atoms with Gasteiger partial charge in [0.2, 0.25) is 0 Å². The third-order valence-electron chi connectivity index (χ3n) is 2.75. The number of hydrogen-bond donors (Lipinski definition) is 1. The molecule has 4 heteroatoms. The number of hydrogen-bond acceptors (Lipinski definition) is 3. The van der Waals surface area contributed by atoms with Gasteiger partial charge < -0.3 is 14.8 Å². The standard InChI is InChI=1S/C15H24FNO2/c1-4-6-17-11-13-8-14(16)10-15(9-13)19-12(2)5-7-18-3/h8-10,12,17H,4-7,11H2,1-3H3. The van der Waals surface area contributed by atoms with E-state index in [-0.39, 0.29) is 11.9 Å². The molecule has 3 nitrogen and oxygen atoms in total. The fourth-order valence-electron chi connectivity index (χ4n) is 1.78. The van der Waals surface area contributed by atoms with E-state index in [9.17, 15) is 4.39 Å². The van der Waals surface area contributed by atoms with Crippen molar-refractivity contribution in [2.45, 2.75) is 39.3 Å². The van der Waals surface area contributed by atoms with Crippen LogP contribution in [0.5, 0.6) is 5.75 Å². The van der Waals surface area contributed by atoms with Gasteiger partial charge in [0.15, 0.2) is 0 Å². The molecule has 0 spiro atoms. The minimum Gasteiger partial charge on any atom is -0.491 e. The lowest BCUT2D eigenvalue weighted by Gasteiger charge is -2.15. The predicted octanol–water partition coefficient (Wildman–Crippen LogP) is 3.13. The Labute approximate surface area is 115 Å². The number of methoxy groups -OCH3 is 1. The van der Waals surface area contributed by atoms with Gasteiger partial charge in [-0.05, 0) is 37.6 Å². The summed E-state index contributed by atoms with van der Waals surface area (Å²) >= 11 is 0. The van der Waals surface area contributed by atoms with E-state index in [0.29, 0.717) is 18.9 Å². The van der Waals surface area contributed by atoms with Gasteiger partial charge in [0.05, 0.1) is 6.10 Å². The van der Waals surface area contributed by atoms with Gasteiger partial charge in [0.1, 0.15) is 11.6 Å². The fraction of sp³-hybridized carbons (Fsp3) is 0.600. The molecule has 0 aliphatic heterocycles. The summed E-state index contributed by atoms with van der Waals surface area (Å²) in [7, 11) is 1.66. The SMILES string of the molecule is CCCNCc1cc(F)cc(OC(C)CCOC)c1. The third-order valence-corrected chi connectivity index (χ3v) is 2.75. The Hall–Kier alpha value is -1.13. The largest absolute Gasteiger partial charge is 0.491 e. The van der Waals surface area contributed by atoms with E-state index < -0.39 is 0 Å². The van der Waals surface area contributed by atoms with Crippen molar-refractivity contribution in [1.82, 2.24) is 5.32 Å². The van der Waals surface area contributed by atoms with Crippen molar-refractivity contribution in [3.8, 4) is 5.75 Å². The second-order valence-electron chi connectivity index (χ2n) is 4.68. The summed E-state index contributed by atoms with van der Waals surface area (Å²) in [5.41, 5.74) is 0.905. The summed E-state index contributed by atoms with van der Waals surface area (Å²) in [6.45, 7) is 6.29. The number of ether oxygens (including phenoxy) is 2. The first-order chi connectivity index (χ1) is 9.15. The van der Waals surface area contributed by atoms with Gasteiger partial charge in [-0.2, -0.15) is 0 Å². The van der Waals surface area contributed by atoms with Crippen LogP contribution in [-0.2, 0) is 11.3 Å². The third kappa shape index (κ3) is 6.55. The van der Waals surface area contributed by atoms with Crippen molar-refractivity contribution in [1.29, 1.82) is 0 Å². The lowest BCUT2D eigenvalue weighted by Crippen LogP contribution is -2.16. The highest BCUT2D eigenvalue weighted by molar-refractivity contribution is 5.29. The van der Waals surface area contributed by atoms with Crippen molar-refractivity contribution in [2.75, 3.05) is 20.3 Å². The molecule has 0 radical (unpaired) electrons. The summed E-state index contributed by atoms with van der Waals surface area (Å²) in [4.78, 5) is 0. The molecular formula is C15H24FNO2. The van der Waals surface area contributed by atoms with E-state index in [1.54, 1.807) is 7.11 Å². The van der Waals surface area contributed by atoms with E-state index in [2.05, 4.69) is 12.2 Å². The maximum absolute atomic E-state index is 13.5. The van der Waals surface area contributed by atoms with Gasteiger partial charge in [0, 0.05) is 32.7 Å². The van der Waals surface area contributed by atoms with Gasteiger partial charge in [-0.25, -0.2) is 4.39 Å². The van der Waals surface area contributed by atoms with Crippen molar-refractivity contribution in [3.05, 3.63) is 29.6 Å². The Morgan fingerprint density at radius 3 is 2.79 bits per heavy atom. The molecule has 0 bridgehead atoms. The molecule has 19 heavy (non-hydrogen) atoms.